The molecule has 0 radical (unpaired) electrons. The highest BCUT2D eigenvalue weighted by Crippen LogP contribution is 2.39. The SMILES string of the molecule is CCN1C(=O)[C@H](c2ccccc2)SC1=NS(=O)(=O)c1ccc(C)cc1. The number of amidine groups is 1. The lowest BCUT2D eigenvalue weighted by molar-refractivity contribution is -0.126. The molecule has 0 saturated carbocycles. The van der Waals surface area contributed by atoms with Crippen molar-refractivity contribution in [1.82, 2.24) is 4.90 Å². The Kier molecular flexibility index (Phi) is 4.96. The molecule has 1 atom stereocenters. The highest BCUT2D eigenvalue weighted by molar-refractivity contribution is 8.15. The molecule has 1 aliphatic heterocycles. The van der Waals surface area contributed by atoms with Crippen LogP contribution in [-0.4, -0.2) is 30.9 Å². The molecule has 0 N–H and O–H groups in total. The minimum atomic E-state index is -3.86. The number of nitrogens with zero attached hydrogens (tertiary/aromatic N) is 2. The van der Waals surface area contributed by atoms with Crippen molar-refractivity contribution in [2.75, 3.05) is 6.54 Å². The fourth-order valence-electron chi connectivity index (χ4n) is 2.52. The first-order chi connectivity index (χ1) is 11.9. The van der Waals surface area contributed by atoms with Crippen molar-refractivity contribution in [3.8, 4) is 0 Å². The van der Waals surface area contributed by atoms with Crippen LogP contribution in [0.1, 0.15) is 23.3 Å². The van der Waals surface area contributed by atoms with E-state index in [1.807, 2.05) is 37.3 Å². The Morgan fingerprint density at radius 2 is 1.72 bits per heavy atom. The summed E-state index contributed by atoms with van der Waals surface area (Å²) < 4.78 is 29.1. The Labute approximate surface area is 151 Å². The topological polar surface area (TPSA) is 66.8 Å². The number of sulfonamides is 1. The summed E-state index contributed by atoms with van der Waals surface area (Å²) in [5, 5.41) is -0.241. The van der Waals surface area contributed by atoms with E-state index in [1.54, 1.807) is 19.1 Å². The molecule has 7 heteroatoms. The minimum Gasteiger partial charge on any atom is -0.290 e. The van der Waals surface area contributed by atoms with Gasteiger partial charge in [0.05, 0.1) is 4.90 Å². The van der Waals surface area contributed by atoms with Gasteiger partial charge in [0.1, 0.15) is 5.25 Å². The molecule has 1 amide bonds. The van der Waals surface area contributed by atoms with E-state index in [9.17, 15) is 13.2 Å². The summed E-state index contributed by atoms with van der Waals surface area (Å²) in [6.07, 6.45) is 0. The van der Waals surface area contributed by atoms with Crippen molar-refractivity contribution in [3.63, 3.8) is 0 Å². The summed E-state index contributed by atoms with van der Waals surface area (Å²) in [7, 11) is -3.86. The van der Waals surface area contributed by atoms with E-state index in [-0.39, 0.29) is 16.0 Å². The first-order valence-electron chi connectivity index (χ1n) is 7.87. The largest absolute Gasteiger partial charge is 0.290 e. The van der Waals surface area contributed by atoms with Gasteiger partial charge >= 0.3 is 0 Å². The van der Waals surface area contributed by atoms with Crippen LogP contribution in [0.2, 0.25) is 0 Å². The average molecular weight is 374 g/mol. The normalized spacial score (nSPS) is 19.6. The van der Waals surface area contributed by atoms with E-state index >= 15 is 0 Å². The number of amides is 1. The zero-order chi connectivity index (χ0) is 18.0. The van der Waals surface area contributed by atoms with Crippen LogP contribution in [0.15, 0.2) is 63.9 Å². The maximum Gasteiger partial charge on any atom is 0.284 e. The zero-order valence-corrected chi connectivity index (χ0v) is 15.5. The van der Waals surface area contributed by atoms with Gasteiger partial charge in [-0.2, -0.15) is 8.42 Å². The minimum absolute atomic E-state index is 0.123. The lowest BCUT2D eigenvalue weighted by Crippen LogP contribution is -2.30. The van der Waals surface area contributed by atoms with Gasteiger partial charge in [0, 0.05) is 6.54 Å². The lowest BCUT2D eigenvalue weighted by atomic mass is 10.1. The van der Waals surface area contributed by atoms with Gasteiger partial charge in [-0.1, -0.05) is 59.8 Å². The highest BCUT2D eigenvalue weighted by atomic mass is 32.2. The summed E-state index contributed by atoms with van der Waals surface area (Å²) >= 11 is 1.18. The van der Waals surface area contributed by atoms with E-state index < -0.39 is 15.3 Å². The van der Waals surface area contributed by atoms with Crippen LogP contribution in [0.25, 0.3) is 0 Å². The smallest absolute Gasteiger partial charge is 0.284 e. The van der Waals surface area contributed by atoms with Crippen molar-refractivity contribution < 1.29 is 13.2 Å². The number of carbonyl (C=O) groups is 1. The van der Waals surface area contributed by atoms with Gasteiger partial charge in [-0.25, -0.2) is 0 Å². The third-order valence-corrected chi connectivity index (χ3v) is 6.51. The van der Waals surface area contributed by atoms with E-state index in [0.717, 1.165) is 11.1 Å². The van der Waals surface area contributed by atoms with Crippen LogP contribution in [0, 0.1) is 6.92 Å². The number of benzene rings is 2. The number of hydrogen-bond donors (Lipinski definition) is 0. The number of hydrogen-bond acceptors (Lipinski definition) is 4. The van der Waals surface area contributed by atoms with Crippen LogP contribution >= 0.6 is 11.8 Å². The number of aryl methyl sites for hydroxylation is 1. The molecule has 1 fully saturated rings. The van der Waals surface area contributed by atoms with E-state index in [4.69, 9.17) is 0 Å². The predicted molar refractivity (Wildman–Crippen MR) is 100.0 cm³/mol. The fraction of sp³-hybridized carbons (Fsp3) is 0.222. The molecule has 0 aliphatic carbocycles. The molecule has 0 aromatic heterocycles. The summed E-state index contributed by atoms with van der Waals surface area (Å²) in [5.41, 5.74) is 1.81. The molecule has 1 saturated heterocycles. The summed E-state index contributed by atoms with van der Waals surface area (Å²) in [4.78, 5) is 14.2. The average Bonchev–Trinajstić information content (AvgIpc) is 2.91. The highest BCUT2D eigenvalue weighted by Gasteiger charge is 2.39. The number of likely N-dealkylation sites (N-methyl/N-ethyl adjacent to an activating group) is 1. The molecule has 130 valence electrons. The van der Waals surface area contributed by atoms with Crippen LogP contribution in [0.4, 0.5) is 0 Å². The Hall–Kier alpha value is -2.12. The van der Waals surface area contributed by atoms with Crippen molar-refractivity contribution in [1.29, 1.82) is 0 Å². The second-order valence-electron chi connectivity index (χ2n) is 5.65. The molecule has 0 unspecified atom stereocenters. The van der Waals surface area contributed by atoms with Crippen LogP contribution in [-0.2, 0) is 14.8 Å². The number of carbonyl (C=O) groups excluding carboxylic acids is 1. The molecule has 1 heterocycles. The van der Waals surface area contributed by atoms with E-state index in [0.29, 0.717) is 6.54 Å². The fourth-order valence-corrected chi connectivity index (χ4v) is 4.96. The van der Waals surface area contributed by atoms with Crippen molar-refractivity contribution in [3.05, 3.63) is 65.7 Å². The quantitative estimate of drug-likeness (QED) is 0.823. The third kappa shape index (κ3) is 3.62. The van der Waals surface area contributed by atoms with Gasteiger partial charge in [-0.3, -0.25) is 9.69 Å². The Balaban J connectivity index is 1.96. The first-order valence-corrected chi connectivity index (χ1v) is 10.2. The Morgan fingerprint density at radius 3 is 2.32 bits per heavy atom. The lowest BCUT2D eigenvalue weighted by Gasteiger charge is -2.13. The maximum atomic E-state index is 12.6. The van der Waals surface area contributed by atoms with Crippen LogP contribution in [0.3, 0.4) is 0 Å². The molecule has 1 aliphatic rings. The Bertz CT molecular complexity index is 907. The van der Waals surface area contributed by atoms with Gasteiger partial charge in [0.15, 0.2) is 5.17 Å². The van der Waals surface area contributed by atoms with Crippen LogP contribution < -0.4 is 0 Å². The van der Waals surface area contributed by atoms with Gasteiger partial charge in [0.25, 0.3) is 10.0 Å². The summed E-state index contributed by atoms with van der Waals surface area (Å²) in [6, 6.07) is 15.8. The first kappa shape index (κ1) is 17.7. The van der Waals surface area contributed by atoms with Gasteiger partial charge in [-0.15, -0.1) is 4.40 Å². The summed E-state index contributed by atoms with van der Waals surface area (Å²) in [5.74, 6) is -0.142. The maximum absolute atomic E-state index is 12.6. The molecule has 0 spiro atoms. The third-order valence-electron chi connectivity index (χ3n) is 3.88. The number of thioether (sulfide) groups is 1. The molecule has 0 bridgehead atoms. The van der Waals surface area contributed by atoms with E-state index in [2.05, 4.69) is 4.40 Å². The standard InChI is InChI=1S/C18H18N2O3S2/c1-3-20-17(21)16(14-7-5-4-6-8-14)24-18(20)19-25(22,23)15-11-9-13(2)10-12-15/h4-12,16H,3H2,1-2H3/t16-/m0/s1. The molecule has 2 aromatic carbocycles. The van der Waals surface area contributed by atoms with Crippen molar-refractivity contribution in [2.24, 2.45) is 4.40 Å². The van der Waals surface area contributed by atoms with E-state index in [1.165, 1.54) is 28.8 Å². The van der Waals surface area contributed by atoms with Crippen molar-refractivity contribution in [2.45, 2.75) is 24.0 Å². The summed E-state index contributed by atoms with van der Waals surface area (Å²) in [6.45, 7) is 4.06. The second kappa shape index (κ2) is 7.01. The Morgan fingerprint density at radius 1 is 1.08 bits per heavy atom. The predicted octanol–water partition coefficient (Wildman–Crippen LogP) is 3.38. The van der Waals surface area contributed by atoms with Crippen LogP contribution in [0.5, 0.6) is 0 Å². The monoisotopic (exact) mass is 374 g/mol. The molecule has 25 heavy (non-hydrogen) atoms. The second-order valence-corrected chi connectivity index (χ2v) is 8.33. The van der Waals surface area contributed by atoms with Gasteiger partial charge in [0.2, 0.25) is 5.91 Å². The molecular formula is C18H18N2O3S2. The molecule has 3 rings (SSSR count). The molecular weight excluding hydrogens is 356 g/mol. The molecule has 2 aromatic rings. The van der Waals surface area contributed by atoms with Gasteiger partial charge < -0.3 is 0 Å². The number of rotatable bonds is 4. The zero-order valence-electron chi connectivity index (χ0n) is 13.9. The van der Waals surface area contributed by atoms with Crippen molar-refractivity contribution >= 4 is 32.9 Å². The van der Waals surface area contributed by atoms with Gasteiger partial charge in [-0.05, 0) is 31.5 Å². The molecule has 5 nitrogen and oxygen atoms in total.